The van der Waals surface area contributed by atoms with Crippen LogP contribution in [0.15, 0.2) is 47.3 Å². The number of aryl methyl sites for hydroxylation is 1. The van der Waals surface area contributed by atoms with Crippen LogP contribution in [0.4, 0.5) is 5.69 Å². The maximum Gasteiger partial charge on any atom is 0.265 e. The Hall–Kier alpha value is -3.28. The monoisotopic (exact) mass is 338 g/mol. The van der Waals surface area contributed by atoms with Crippen LogP contribution in [0.2, 0.25) is 0 Å². The number of hydrogen-bond donors (Lipinski definition) is 1. The molecule has 1 aromatic heterocycles. The average Bonchev–Trinajstić information content (AvgIpc) is 2.62. The van der Waals surface area contributed by atoms with Crippen molar-refractivity contribution in [3.63, 3.8) is 0 Å². The van der Waals surface area contributed by atoms with Crippen molar-refractivity contribution in [2.24, 2.45) is 0 Å². The molecule has 0 aliphatic heterocycles. The summed E-state index contributed by atoms with van der Waals surface area (Å²) in [5.41, 5.74) is 7.20. The lowest BCUT2D eigenvalue weighted by atomic mass is 10.1. The highest BCUT2D eigenvalue weighted by Crippen LogP contribution is 2.28. The van der Waals surface area contributed by atoms with Gasteiger partial charge >= 0.3 is 0 Å². The first-order valence-electron chi connectivity index (χ1n) is 7.65. The second-order valence-electron chi connectivity index (χ2n) is 5.66. The number of carbonyl (C=O) groups excluding carboxylic acids is 1. The van der Waals surface area contributed by atoms with Gasteiger partial charge in [0.05, 0.1) is 19.7 Å². The maximum atomic E-state index is 13.0. The number of benzene rings is 2. The number of carbonyl (C=O) groups is 1. The van der Waals surface area contributed by atoms with Gasteiger partial charge in [-0.2, -0.15) is 0 Å². The van der Waals surface area contributed by atoms with E-state index in [1.54, 1.807) is 49.4 Å². The lowest BCUT2D eigenvalue weighted by molar-refractivity contribution is 0.0960. The van der Waals surface area contributed by atoms with Gasteiger partial charge in [-0.15, -0.1) is 0 Å². The minimum atomic E-state index is -0.453. The van der Waals surface area contributed by atoms with E-state index in [0.29, 0.717) is 33.8 Å². The molecule has 0 amide bonds. The Morgan fingerprint density at radius 1 is 1.00 bits per heavy atom. The third-order valence-electron chi connectivity index (χ3n) is 4.04. The van der Waals surface area contributed by atoms with Crippen LogP contribution in [0.3, 0.4) is 0 Å². The summed E-state index contributed by atoms with van der Waals surface area (Å²) in [7, 11) is 3.00. The molecule has 2 aromatic carbocycles. The third-order valence-corrected chi connectivity index (χ3v) is 4.04. The van der Waals surface area contributed by atoms with Gasteiger partial charge in [-0.05, 0) is 48.7 Å². The van der Waals surface area contributed by atoms with E-state index in [1.807, 2.05) is 0 Å². The van der Waals surface area contributed by atoms with Gasteiger partial charge in [0.2, 0.25) is 0 Å². The van der Waals surface area contributed by atoms with E-state index in [9.17, 15) is 9.59 Å². The number of methoxy groups -OCH3 is 2. The van der Waals surface area contributed by atoms with E-state index in [1.165, 1.54) is 14.2 Å². The summed E-state index contributed by atoms with van der Waals surface area (Å²) >= 11 is 0. The molecule has 3 rings (SSSR count). The Kier molecular flexibility index (Phi) is 4.19. The Bertz CT molecular complexity index is 1040. The summed E-state index contributed by atoms with van der Waals surface area (Å²) in [6, 6.07) is 11.7. The fraction of sp³-hybridized carbons (Fsp3) is 0.158. The van der Waals surface area contributed by atoms with Crippen LogP contribution in [0.5, 0.6) is 11.5 Å². The Morgan fingerprint density at radius 2 is 1.72 bits per heavy atom. The standard InChI is InChI=1S/C19H18N2O4/c1-11-8-12-4-6-14(20)10-15(12)21(18(11)22)19(23)13-5-7-16(24-2)17(9-13)25-3/h4-10H,20H2,1-3H3. The van der Waals surface area contributed by atoms with Crippen molar-refractivity contribution in [3.8, 4) is 11.5 Å². The van der Waals surface area contributed by atoms with Crippen LogP contribution < -0.4 is 20.8 Å². The number of anilines is 1. The van der Waals surface area contributed by atoms with Crippen LogP contribution in [-0.2, 0) is 0 Å². The molecule has 128 valence electrons. The molecule has 0 atom stereocenters. The maximum absolute atomic E-state index is 13.0. The van der Waals surface area contributed by atoms with E-state index >= 15 is 0 Å². The first kappa shape index (κ1) is 16.6. The normalized spacial score (nSPS) is 10.7. The summed E-state index contributed by atoms with van der Waals surface area (Å²) in [6.45, 7) is 1.68. The number of nitrogens with zero attached hydrogens (tertiary/aromatic N) is 1. The molecule has 3 aromatic rings. The number of hydrogen-bond acceptors (Lipinski definition) is 5. The molecule has 2 N–H and O–H groups in total. The lowest BCUT2D eigenvalue weighted by Gasteiger charge is -2.13. The molecule has 0 radical (unpaired) electrons. The van der Waals surface area contributed by atoms with Crippen molar-refractivity contribution in [2.75, 3.05) is 20.0 Å². The first-order chi connectivity index (χ1) is 12.0. The molecule has 0 saturated heterocycles. The fourth-order valence-corrected chi connectivity index (χ4v) is 2.76. The van der Waals surface area contributed by atoms with Crippen molar-refractivity contribution in [2.45, 2.75) is 6.92 Å². The largest absolute Gasteiger partial charge is 0.493 e. The second-order valence-corrected chi connectivity index (χ2v) is 5.66. The molecular weight excluding hydrogens is 320 g/mol. The minimum Gasteiger partial charge on any atom is -0.493 e. The van der Waals surface area contributed by atoms with Gasteiger partial charge in [-0.25, -0.2) is 4.57 Å². The van der Waals surface area contributed by atoms with Crippen LogP contribution in [0.1, 0.15) is 15.9 Å². The summed E-state index contributed by atoms with van der Waals surface area (Å²) < 4.78 is 11.6. The van der Waals surface area contributed by atoms with Crippen LogP contribution in [0, 0.1) is 6.92 Å². The molecule has 25 heavy (non-hydrogen) atoms. The van der Waals surface area contributed by atoms with Crippen LogP contribution in [0.25, 0.3) is 10.9 Å². The molecule has 0 bridgehead atoms. The number of fused-ring (bicyclic) bond motifs is 1. The molecular formula is C19H18N2O4. The average molecular weight is 338 g/mol. The van der Waals surface area contributed by atoms with Gasteiger partial charge in [0, 0.05) is 16.8 Å². The number of aromatic nitrogens is 1. The molecule has 0 aliphatic rings. The minimum absolute atomic E-state index is 0.314. The lowest BCUT2D eigenvalue weighted by Crippen LogP contribution is -2.29. The van der Waals surface area contributed by atoms with E-state index in [4.69, 9.17) is 15.2 Å². The van der Waals surface area contributed by atoms with Gasteiger partial charge in [0.1, 0.15) is 0 Å². The number of rotatable bonds is 3. The summed E-state index contributed by atoms with van der Waals surface area (Å²) in [6.07, 6.45) is 0. The van der Waals surface area contributed by atoms with E-state index < -0.39 is 5.91 Å². The van der Waals surface area contributed by atoms with Gasteiger partial charge < -0.3 is 15.2 Å². The number of nitrogens with two attached hydrogens (primary N) is 1. The van der Waals surface area contributed by atoms with E-state index in [0.717, 1.165) is 9.95 Å². The number of pyridine rings is 1. The molecule has 0 unspecified atom stereocenters. The van der Waals surface area contributed by atoms with E-state index in [-0.39, 0.29) is 5.56 Å². The molecule has 6 nitrogen and oxygen atoms in total. The molecule has 6 heteroatoms. The highest BCUT2D eigenvalue weighted by atomic mass is 16.5. The molecule has 0 spiro atoms. The smallest absolute Gasteiger partial charge is 0.265 e. The van der Waals surface area contributed by atoms with Crippen molar-refractivity contribution >= 4 is 22.5 Å². The van der Waals surface area contributed by atoms with Crippen molar-refractivity contribution in [1.82, 2.24) is 4.57 Å². The van der Waals surface area contributed by atoms with Gasteiger partial charge in [-0.1, -0.05) is 6.07 Å². The summed E-state index contributed by atoms with van der Waals surface area (Å²) in [5.74, 6) is 0.466. The Morgan fingerprint density at radius 3 is 2.40 bits per heavy atom. The van der Waals surface area contributed by atoms with Crippen molar-refractivity contribution in [1.29, 1.82) is 0 Å². The second kappa shape index (κ2) is 6.32. The number of ether oxygens (including phenoxy) is 2. The quantitative estimate of drug-likeness (QED) is 0.742. The van der Waals surface area contributed by atoms with Gasteiger partial charge in [0.15, 0.2) is 11.5 Å². The molecule has 0 fully saturated rings. The molecule has 1 heterocycles. The molecule has 0 saturated carbocycles. The summed E-state index contributed by atoms with van der Waals surface area (Å²) in [5, 5.41) is 0.764. The molecule has 0 aliphatic carbocycles. The number of nitrogen functional groups attached to an aromatic ring is 1. The predicted molar refractivity (Wildman–Crippen MR) is 96.6 cm³/mol. The Balaban J connectivity index is 2.25. The zero-order chi connectivity index (χ0) is 18.1. The topological polar surface area (TPSA) is 83.5 Å². The SMILES string of the molecule is COc1ccc(C(=O)n2c(=O)c(C)cc3ccc(N)cc32)cc1OC. The fourth-order valence-electron chi connectivity index (χ4n) is 2.76. The van der Waals surface area contributed by atoms with Gasteiger partial charge in [0.25, 0.3) is 11.5 Å². The van der Waals surface area contributed by atoms with Crippen LogP contribution >= 0.6 is 0 Å². The Labute approximate surface area is 144 Å². The summed E-state index contributed by atoms with van der Waals surface area (Å²) in [4.78, 5) is 25.7. The van der Waals surface area contributed by atoms with Crippen molar-refractivity contribution < 1.29 is 14.3 Å². The zero-order valence-corrected chi connectivity index (χ0v) is 14.2. The predicted octanol–water partition coefficient (Wildman–Crippen LogP) is 2.60. The zero-order valence-electron chi connectivity index (χ0n) is 14.2. The van der Waals surface area contributed by atoms with Crippen LogP contribution in [-0.4, -0.2) is 24.7 Å². The van der Waals surface area contributed by atoms with Crippen molar-refractivity contribution in [3.05, 3.63) is 63.9 Å². The highest BCUT2D eigenvalue weighted by molar-refractivity contribution is 6.02. The van der Waals surface area contributed by atoms with E-state index in [2.05, 4.69) is 0 Å². The third kappa shape index (κ3) is 2.82. The highest BCUT2D eigenvalue weighted by Gasteiger charge is 2.17. The van der Waals surface area contributed by atoms with Gasteiger partial charge in [-0.3, -0.25) is 9.59 Å². The first-order valence-corrected chi connectivity index (χ1v) is 7.65.